The number of para-hydroxylation sites is 1. The van der Waals surface area contributed by atoms with E-state index in [0.29, 0.717) is 29.4 Å². The molecule has 0 aliphatic heterocycles. The maximum atomic E-state index is 7.76. The van der Waals surface area contributed by atoms with Crippen molar-refractivity contribution in [3.8, 4) is 34.2 Å². The van der Waals surface area contributed by atoms with Crippen LogP contribution in [0.4, 0.5) is 5.69 Å². The first kappa shape index (κ1) is 48.8. The molecule has 0 fully saturated rings. The molecule has 10 aromatic rings. The molecule has 6 heteroatoms. The van der Waals surface area contributed by atoms with Gasteiger partial charge >= 0.3 is 0 Å². The van der Waals surface area contributed by atoms with Crippen LogP contribution in [0, 0.1) is 42.4 Å². The first-order valence-corrected chi connectivity index (χ1v) is 24.4. The van der Waals surface area contributed by atoms with E-state index in [1.807, 2.05) is 30.3 Å². The number of fused-ring (bicyclic) bond motifs is 6. The number of aromatic nitrogens is 4. The summed E-state index contributed by atoms with van der Waals surface area (Å²) in [6, 6.07) is 59.9. The Labute approximate surface area is 422 Å². The molecule has 2 aromatic heterocycles. The Morgan fingerprint density at radius 2 is 0.855 bits per heavy atom. The Morgan fingerprint density at radius 1 is 0.464 bits per heavy atom. The van der Waals surface area contributed by atoms with Crippen LogP contribution in [-0.4, -0.2) is 19.1 Å². The van der Waals surface area contributed by atoms with E-state index in [4.69, 9.17) is 16.5 Å². The molecule has 0 bridgehead atoms. The normalized spacial score (nSPS) is 11.5. The van der Waals surface area contributed by atoms with Gasteiger partial charge < -0.3 is 9.13 Å². The van der Waals surface area contributed by atoms with Gasteiger partial charge in [0, 0.05) is 42.3 Å². The number of hydrogen-bond donors (Lipinski definition) is 0. The first-order chi connectivity index (χ1) is 33.0. The summed E-state index contributed by atoms with van der Waals surface area (Å²) in [6.07, 6.45) is 3.85. The van der Waals surface area contributed by atoms with Gasteiger partial charge in [-0.25, -0.2) is 4.85 Å². The van der Waals surface area contributed by atoms with E-state index in [0.717, 1.165) is 65.0 Å². The van der Waals surface area contributed by atoms with Crippen LogP contribution in [0.25, 0.3) is 82.6 Å². The largest absolute Gasteiger partial charge is 0.332 e. The van der Waals surface area contributed by atoms with E-state index in [9.17, 15) is 0 Å². The molecule has 0 aliphatic carbocycles. The standard InChI is InChI=1S/C32H30N3.C31H31N2.Ir/c1-21(2)17-25-19-27(33-5)20-26(18-22(3)4)30(25)35-31-28-14-10-9-11-23(28)15-16-29(31)34-32(35)24-12-7-6-8-13-24;1-21(2)19-25-14-10-15-26(20-22(3)4)29(25)33-30-27-16-9-8-11-23(27)17-18-28(30)32-31(33)24-12-6-5-7-13-24;/h6-12,14-16,19-22H,17-18H2,1-4H3;5-12,14-18,21-22H,19-20H2,1-4H3;/q2*-1;. The van der Waals surface area contributed by atoms with Crippen molar-refractivity contribution in [1.29, 1.82) is 0 Å². The fraction of sp³-hybridized carbons (Fsp3) is 0.254. The summed E-state index contributed by atoms with van der Waals surface area (Å²) in [5.41, 5.74) is 14.6. The van der Waals surface area contributed by atoms with Crippen molar-refractivity contribution in [3.05, 3.63) is 197 Å². The molecular weight excluding hydrogens is 1020 g/mol. The summed E-state index contributed by atoms with van der Waals surface area (Å²) in [7, 11) is 0. The zero-order valence-electron chi connectivity index (χ0n) is 41.1. The van der Waals surface area contributed by atoms with Crippen LogP contribution in [0.3, 0.4) is 0 Å². The van der Waals surface area contributed by atoms with Gasteiger partial charge in [0.15, 0.2) is 5.69 Å². The zero-order valence-corrected chi connectivity index (χ0v) is 43.5. The molecule has 0 atom stereocenters. The molecule has 69 heavy (non-hydrogen) atoms. The zero-order chi connectivity index (χ0) is 47.5. The summed E-state index contributed by atoms with van der Waals surface area (Å²) in [5.74, 6) is 3.90. The molecule has 0 N–H and O–H groups in total. The number of imidazole rings is 2. The molecule has 349 valence electrons. The van der Waals surface area contributed by atoms with Crippen molar-refractivity contribution in [3.63, 3.8) is 0 Å². The van der Waals surface area contributed by atoms with Gasteiger partial charge in [0.25, 0.3) is 0 Å². The van der Waals surface area contributed by atoms with Gasteiger partial charge in [-0.15, -0.1) is 71.8 Å². The molecule has 0 saturated carbocycles. The van der Waals surface area contributed by atoms with Gasteiger partial charge in [-0.1, -0.05) is 146 Å². The summed E-state index contributed by atoms with van der Waals surface area (Å²) in [4.78, 5) is 14.2. The SMILES string of the molecule is CC(C)Cc1cccc(CC(C)C)c1-n1c(-c2[c-]cccc2)nc2ccc3ccccc3c21.[C-]#[N+]c1cc(CC(C)C)c(-n2c(-c3[c-]cccc3)nc3ccc4ccccc4c32)c(CC(C)C)c1.[Ir]. The molecule has 0 saturated heterocycles. The average molecular weight is 1080 g/mol. The maximum Gasteiger partial charge on any atom is 0.187 e. The van der Waals surface area contributed by atoms with Crippen LogP contribution in [0.1, 0.15) is 77.6 Å². The van der Waals surface area contributed by atoms with Gasteiger partial charge in [0.2, 0.25) is 0 Å². The molecule has 10 rings (SSSR count). The van der Waals surface area contributed by atoms with Crippen molar-refractivity contribution in [1.82, 2.24) is 19.1 Å². The fourth-order valence-electron chi connectivity index (χ4n) is 9.96. The monoisotopic (exact) mass is 1080 g/mol. The molecule has 0 unspecified atom stereocenters. The quantitative estimate of drug-likeness (QED) is 0.114. The van der Waals surface area contributed by atoms with Gasteiger partial charge in [-0.2, -0.15) is 0 Å². The van der Waals surface area contributed by atoms with Gasteiger partial charge in [-0.05, 0) is 94.5 Å². The Bertz CT molecular complexity index is 3360. The molecule has 5 nitrogen and oxygen atoms in total. The average Bonchev–Trinajstić information content (AvgIpc) is 3.91. The Kier molecular flexibility index (Phi) is 15.1. The van der Waals surface area contributed by atoms with Crippen LogP contribution in [0.2, 0.25) is 0 Å². The minimum Gasteiger partial charge on any atom is -0.332 e. The molecular formula is C63H61IrN5-2. The third-order valence-corrected chi connectivity index (χ3v) is 12.5. The van der Waals surface area contributed by atoms with Crippen LogP contribution in [-0.2, 0) is 45.8 Å². The third-order valence-electron chi connectivity index (χ3n) is 12.5. The van der Waals surface area contributed by atoms with Crippen molar-refractivity contribution in [2.45, 2.75) is 81.1 Å². The summed E-state index contributed by atoms with van der Waals surface area (Å²) in [5, 5.41) is 4.85. The van der Waals surface area contributed by atoms with Crippen molar-refractivity contribution in [2.24, 2.45) is 23.7 Å². The fourth-order valence-corrected chi connectivity index (χ4v) is 9.96. The summed E-state index contributed by atoms with van der Waals surface area (Å²) >= 11 is 0. The van der Waals surface area contributed by atoms with Crippen molar-refractivity contribution < 1.29 is 20.1 Å². The van der Waals surface area contributed by atoms with Crippen LogP contribution in [0.5, 0.6) is 0 Å². The summed E-state index contributed by atoms with van der Waals surface area (Å²) < 4.78 is 4.78. The Morgan fingerprint density at radius 3 is 1.25 bits per heavy atom. The van der Waals surface area contributed by atoms with E-state index in [2.05, 4.69) is 203 Å². The second-order valence-electron chi connectivity index (χ2n) is 19.9. The third kappa shape index (κ3) is 10.2. The predicted octanol–water partition coefficient (Wildman–Crippen LogP) is 16.6. The van der Waals surface area contributed by atoms with E-state index in [1.54, 1.807) is 0 Å². The van der Waals surface area contributed by atoms with Crippen LogP contribution < -0.4 is 0 Å². The Balaban J connectivity index is 0.000000184. The number of hydrogen-bond acceptors (Lipinski definition) is 2. The Hall–Kier alpha value is -6.64. The number of rotatable bonds is 12. The van der Waals surface area contributed by atoms with E-state index < -0.39 is 0 Å². The molecule has 0 spiro atoms. The molecule has 8 aromatic carbocycles. The number of benzene rings is 8. The van der Waals surface area contributed by atoms with Crippen molar-refractivity contribution >= 4 is 49.3 Å². The molecule has 0 aliphatic rings. The molecule has 2 heterocycles. The minimum absolute atomic E-state index is 0. The molecule has 0 amide bonds. The van der Waals surface area contributed by atoms with Crippen molar-refractivity contribution in [2.75, 3.05) is 0 Å². The van der Waals surface area contributed by atoms with Gasteiger partial charge in [0.1, 0.15) is 0 Å². The van der Waals surface area contributed by atoms with Crippen LogP contribution >= 0.6 is 0 Å². The molecule has 1 radical (unpaired) electrons. The van der Waals surface area contributed by atoms with E-state index in [1.165, 1.54) is 60.7 Å². The van der Waals surface area contributed by atoms with Gasteiger partial charge in [-0.3, -0.25) is 9.97 Å². The smallest absolute Gasteiger partial charge is 0.187 e. The number of nitrogens with zero attached hydrogens (tertiary/aromatic N) is 5. The van der Waals surface area contributed by atoms with E-state index >= 15 is 0 Å². The second-order valence-corrected chi connectivity index (χ2v) is 19.9. The van der Waals surface area contributed by atoms with Crippen LogP contribution in [0.15, 0.2) is 152 Å². The predicted molar refractivity (Wildman–Crippen MR) is 286 cm³/mol. The summed E-state index contributed by atoms with van der Waals surface area (Å²) in [6.45, 7) is 25.9. The minimum atomic E-state index is 0. The van der Waals surface area contributed by atoms with E-state index in [-0.39, 0.29) is 20.1 Å². The van der Waals surface area contributed by atoms with Gasteiger partial charge in [0.05, 0.1) is 40.3 Å². The topological polar surface area (TPSA) is 40.0 Å². The second kappa shape index (κ2) is 21.3. The maximum absolute atomic E-state index is 7.76. The first-order valence-electron chi connectivity index (χ1n) is 24.4.